The molecule has 0 aliphatic carbocycles. The molecule has 4 unspecified atom stereocenters. The summed E-state index contributed by atoms with van der Waals surface area (Å²) in [4.78, 5) is 11.2. The Kier molecular flexibility index (Phi) is 6.01. The Labute approximate surface area is 88.0 Å². The smallest absolute Gasteiger partial charge is 0.132 e. The molecule has 0 amide bonds. The number of hydrogen-bond acceptors (Lipinski definition) is 2. The third kappa shape index (κ3) is 3.41. The van der Waals surface area contributed by atoms with E-state index in [4.69, 9.17) is 4.74 Å². The van der Waals surface area contributed by atoms with Gasteiger partial charge in [0, 0.05) is 13.0 Å². The highest BCUT2D eigenvalue weighted by Gasteiger charge is 2.27. The van der Waals surface area contributed by atoms with Crippen LogP contribution < -0.4 is 0 Å². The molecule has 0 saturated heterocycles. The number of carbonyl (C=O) groups excluding carboxylic acids is 1. The van der Waals surface area contributed by atoms with Crippen LogP contribution in [0.1, 0.15) is 41.0 Å². The molecule has 0 aromatic carbocycles. The van der Waals surface area contributed by atoms with E-state index in [0.29, 0.717) is 11.8 Å². The van der Waals surface area contributed by atoms with Crippen LogP contribution in [0.15, 0.2) is 0 Å². The Morgan fingerprint density at radius 1 is 1.21 bits per heavy atom. The molecule has 14 heavy (non-hydrogen) atoms. The molecule has 0 rings (SSSR count). The molecule has 0 radical (unpaired) electrons. The van der Waals surface area contributed by atoms with Crippen LogP contribution >= 0.6 is 0 Å². The maximum atomic E-state index is 11.2. The summed E-state index contributed by atoms with van der Waals surface area (Å²) in [7, 11) is 1.75. The number of Topliss-reactive ketones (excluding diaryl/α,β-unsaturated/α-hetero) is 1. The van der Waals surface area contributed by atoms with E-state index in [1.807, 2.05) is 6.92 Å². The lowest BCUT2D eigenvalue weighted by molar-refractivity contribution is -0.122. The van der Waals surface area contributed by atoms with E-state index in [1.165, 1.54) is 0 Å². The van der Waals surface area contributed by atoms with Crippen molar-refractivity contribution < 1.29 is 9.53 Å². The summed E-state index contributed by atoms with van der Waals surface area (Å²) < 4.78 is 5.40. The molecule has 4 atom stereocenters. The van der Waals surface area contributed by atoms with Crippen LogP contribution in [0.5, 0.6) is 0 Å². The molecule has 0 fully saturated rings. The first-order valence-corrected chi connectivity index (χ1v) is 5.48. The lowest BCUT2D eigenvalue weighted by Crippen LogP contribution is -2.31. The van der Waals surface area contributed by atoms with Gasteiger partial charge in [-0.1, -0.05) is 27.7 Å². The van der Waals surface area contributed by atoms with Gasteiger partial charge in [-0.3, -0.25) is 4.79 Å². The molecule has 0 heterocycles. The SMILES string of the molecule is CCC(OC)C(C)C(C)C(C)C(C)=O. The molecule has 2 heteroatoms. The van der Waals surface area contributed by atoms with Gasteiger partial charge in [0.1, 0.15) is 5.78 Å². The van der Waals surface area contributed by atoms with Crippen molar-refractivity contribution in [2.45, 2.75) is 47.1 Å². The Balaban J connectivity index is 4.35. The topological polar surface area (TPSA) is 26.3 Å². The van der Waals surface area contributed by atoms with E-state index >= 15 is 0 Å². The molecule has 0 aliphatic heterocycles. The zero-order valence-electron chi connectivity index (χ0n) is 10.3. The van der Waals surface area contributed by atoms with Gasteiger partial charge in [0.25, 0.3) is 0 Å². The summed E-state index contributed by atoms with van der Waals surface area (Å²) in [5, 5.41) is 0. The first-order chi connectivity index (χ1) is 6.45. The maximum absolute atomic E-state index is 11.2. The van der Waals surface area contributed by atoms with Gasteiger partial charge in [-0.25, -0.2) is 0 Å². The van der Waals surface area contributed by atoms with Gasteiger partial charge in [-0.05, 0) is 25.2 Å². The number of hydrogen-bond donors (Lipinski definition) is 0. The third-order valence-electron chi connectivity index (χ3n) is 3.55. The molecule has 0 aliphatic rings. The van der Waals surface area contributed by atoms with Gasteiger partial charge < -0.3 is 4.74 Å². The van der Waals surface area contributed by atoms with Crippen LogP contribution in [-0.4, -0.2) is 19.0 Å². The van der Waals surface area contributed by atoms with E-state index in [1.54, 1.807) is 14.0 Å². The quantitative estimate of drug-likeness (QED) is 0.659. The second kappa shape index (κ2) is 6.18. The van der Waals surface area contributed by atoms with Gasteiger partial charge in [-0.2, -0.15) is 0 Å². The fourth-order valence-electron chi connectivity index (χ4n) is 1.92. The number of carbonyl (C=O) groups is 1. The second-order valence-electron chi connectivity index (χ2n) is 4.30. The fraction of sp³-hybridized carbons (Fsp3) is 0.917. The lowest BCUT2D eigenvalue weighted by Gasteiger charge is -2.30. The summed E-state index contributed by atoms with van der Waals surface area (Å²) in [5.41, 5.74) is 0. The maximum Gasteiger partial charge on any atom is 0.132 e. The average molecular weight is 200 g/mol. The number of methoxy groups -OCH3 is 1. The zero-order chi connectivity index (χ0) is 11.3. The first-order valence-electron chi connectivity index (χ1n) is 5.48. The van der Waals surface area contributed by atoms with Crippen molar-refractivity contribution in [2.75, 3.05) is 7.11 Å². The van der Waals surface area contributed by atoms with E-state index in [-0.39, 0.29) is 17.8 Å². The Morgan fingerprint density at radius 2 is 1.71 bits per heavy atom. The molecule has 0 aromatic heterocycles. The average Bonchev–Trinajstić information content (AvgIpc) is 2.17. The predicted molar refractivity (Wildman–Crippen MR) is 59.3 cm³/mol. The van der Waals surface area contributed by atoms with Crippen molar-refractivity contribution in [2.24, 2.45) is 17.8 Å². The second-order valence-corrected chi connectivity index (χ2v) is 4.30. The zero-order valence-corrected chi connectivity index (χ0v) is 10.3. The minimum atomic E-state index is 0.134. The van der Waals surface area contributed by atoms with E-state index in [2.05, 4.69) is 20.8 Å². The monoisotopic (exact) mass is 200 g/mol. The molecular weight excluding hydrogens is 176 g/mol. The standard InChI is InChI=1S/C12H24O2/c1-7-12(14-6)10(4)8(2)9(3)11(5)13/h8-10,12H,7H2,1-6H3. The highest BCUT2D eigenvalue weighted by Crippen LogP contribution is 2.26. The summed E-state index contributed by atoms with van der Waals surface area (Å²) in [6.07, 6.45) is 1.28. The van der Waals surface area contributed by atoms with Crippen molar-refractivity contribution in [1.82, 2.24) is 0 Å². The van der Waals surface area contributed by atoms with Crippen molar-refractivity contribution >= 4 is 5.78 Å². The van der Waals surface area contributed by atoms with Gasteiger partial charge in [0.05, 0.1) is 6.10 Å². The largest absolute Gasteiger partial charge is 0.381 e. The van der Waals surface area contributed by atoms with E-state index in [9.17, 15) is 4.79 Å². The van der Waals surface area contributed by atoms with Crippen molar-refractivity contribution in [1.29, 1.82) is 0 Å². The first kappa shape index (κ1) is 13.6. The summed E-state index contributed by atoms with van der Waals surface area (Å²) >= 11 is 0. The summed E-state index contributed by atoms with van der Waals surface area (Å²) in [5.74, 6) is 1.23. The molecule has 0 N–H and O–H groups in total. The van der Waals surface area contributed by atoms with Crippen LogP contribution in [0.2, 0.25) is 0 Å². The van der Waals surface area contributed by atoms with Gasteiger partial charge in [-0.15, -0.1) is 0 Å². The van der Waals surface area contributed by atoms with Crippen LogP contribution in [0, 0.1) is 17.8 Å². The molecule has 2 nitrogen and oxygen atoms in total. The third-order valence-corrected chi connectivity index (χ3v) is 3.55. The number of ether oxygens (including phenoxy) is 1. The molecule has 84 valence electrons. The minimum Gasteiger partial charge on any atom is -0.381 e. The normalized spacial score (nSPS) is 19.9. The van der Waals surface area contributed by atoms with E-state index in [0.717, 1.165) is 6.42 Å². The molecular formula is C12H24O2. The highest BCUT2D eigenvalue weighted by molar-refractivity contribution is 5.78. The lowest BCUT2D eigenvalue weighted by atomic mass is 9.79. The molecule has 0 spiro atoms. The minimum absolute atomic E-state index is 0.134. The highest BCUT2D eigenvalue weighted by atomic mass is 16.5. The van der Waals surface area contributed by atoms with Crippen LogP contribution in [0.3, 0.4) is 0 Å². The molecule has 0 saturated carbocycles. The Hall–Kier alpha value is -0.370. The van der Waals surface area contributed by atoms with Crippen LogP contribution in [-0.2, 0) is 9.53 Å². The number of ketones is 1. The molecule has 0 aromatic rings. The Bertz CT molecular complexity index is 173. The van der Waals surface area contributed by atoms with E-state index < -0.39 is 0 Å². The molecule has 0 bridgehead atoms. The fourth-order valence-corrected chi connectivity index (χ4v) is 1.92. The van der Waals surface area contributed by atoms with Gasteiger partial charge in [0.2, 0.25) is 0 Å². The van der Waals surface area contributed by atoms with Gasteiger partial charge in [0.15, 0.2) is 0 Å². The van der Waals surface area contributed by atoms with Gasteiger partial charge >= 0.3 is 0 Å². The Morgan fingerprint density at radius 3 is 2.00 bits per heavy atom. The van der Waals surface area contributed by atoms with Crippen molar-refractivity contribution in [3.05, 3.63) is 0 Å². The summed E-state index contributed by atoms with van der Waals surface area (Å²) in [6, 6.07) is 0. The number of rotatable bonds is 6. The van der Waals surface area contributed by atoms with Crippen molar-refractivity contribution in [3.8, 4) is 0 Å². The van der Waals surface area contributed by atoms with Crippen molar-refractivity contribution in [3.63, 3.8) is 0 Å². The van der Waals surface area contributed by atoms with Crippen LogP contribution in [0.4, 0.5) is 0 Å². The van der Waals surface area contributed by atoms with Crippen LogP contribution in [0.25, 0.3) is 0 Å². The summed E-state index contributed by atoms with van der Waals surface area (Å²) in [6.45, 7) is 10.1. The predicted octanol–water partition coefficient (Wildman–Crippen LogP) is 2.91.